The average Bonchev–Trinajstić information content (AvgIpc) is 2.46. The van der Waals surface area contributed by atoms with Gasteiger partial charge in [0.25, 0.3) is 0 Å². The zero-order chi connectivity index (χ0) is 15.0. The number of hydrogen-bond acceptors (Lipinski definition) is 4. The lowest BCUT2D eigenvalue weighted by Crippen LogP contribution is -2.18. The predicted molar refractivity (Wildman–Crippen MR) is 81.3 cm³/mol. The van der Waals surface area contributed by atoms with E-state index in [1.165, 1.54) is 7.05 Å². The van der Waals surface area contributed by atoms with E-state index in [-0.39, 0.29) is 11.5 Å². The number of benzene rings is 1. The molecule has 0 aliphatic carbocycles. The molecule has 0 spiro atoms. The Labute approximate surface area is 121 Å². The molecule has 0 bridgehead atoms. The van der Waals surface area contributed by atoms with Gasteiger partial charge in [0.05, 0.1) is 4.90 Å². The van der Waals surface area contributed by atoms with E-state index >= 15 is 0 Å². The monoisotopic (exact) mass is 300 g/mol. The third-order valence-corrected chi connectivity index (χ3v) is 4.69. The Hall–Kier alpha value is -1.11. The molecule has 3 N–H and O–H groups in total. The first-order chi connectivity index (χ1) is 9.53. The van der Waals surface area contributed by atoms with Crippen LogP contribution in [0.2, 0.25) is 0 Å². The molecule has 0 aliphatic heterocycles. The first kappa shape index (κ1) is 16.9. The average molecular weight is 300 g/mol. The van der Waals surface area contributed by atoms with Gasteiger partial charge >= 0.3 is 0 Å². The summed E-state index contributed by atoms with van der Waals surface area (Å²) >= 11 is 0. The molecule has 1 rings (SSSR count). The van der Waals surface area contributed by atoms with Gasteiger partial charge in [-0.3, -0.25) is 0 Å². The topological polar surface area (TPSA) is 78.4 Å². The Morgan fingerprint density at radius 3 is 2.35 bits per heavy atom. The van der Waals surface area contributed by atoms with E-state index in [1.54, 1.807) is 24.3 Å². The lowest BCUT2D eigenvalue weighted by Gasteiger charge is -2.16. The molecular formula is C14H24N2O3S. The number of nitrogens with one attached hydrogen (secondary N) is 2. The van der Waals surface area contributed by atoms with Crippen molar-refractivity contribution in [3.8, 4) is 0 Å². The summed E-state index contributed by atoms with van der Waals surface area (Å²) < 4.78 is 25.5. The number of hydrogen-bond donors (Lipinski definition) is 3. The maximum atomic E-state index is 11.6. The number of anilines is 1. The lowest BCUT2D eigenvalue weighted by molar-refractivity contribution is 0.255. The highest BCUT2D eigenvalue weighted by atomic mass is 32.2. The van der Waals surface area contributed by atoms with Crippen molar-refractivity contribution in [3.05, 3.63) is 24.3 Å². The van der Waals surface area contributed by atoms with E-state index in [4.69, 9.17) is 5.11 Å². The zero-order valence-electron chi connectivity index (χ0n) is 12.1. The van der Waals surface area contributed by atoms with Crippen LogP contribution in [0.25, 0.3) is 0 Å². The summed E-state index contributed by atoms with van der Waals surface area (Å²) in [7, 11) is -1.98. The van der Waals surface area contributed by atoms with Crippen LogP contribution >= 0.6 is 0 Å². The molecule has 0 heterocycles. The molecule has 0 saturated carbocycles. The molecule has 6 heteroatoms. The molecular weight excluding hydrogens is 276 g/mol. The summed E-state index contributed by atoms with van der Waals surface area (Å²) in [5.74, 6) is 0.436. The number of aliphatic hydroxyl groups excluding tert-OH is 1. The molecule has 1 atom stereocenters. The summed E-state index contributed by atoms with van der Waals surface area (Å²) in [6, 6.07) is 6.67. The molecule has 0 aromatic heterocycles. The Kier molecular flexibility index (Phi) is 6.98. The fraction of sp³-hybridized carbons (Fsp3) is 0.571. The minimum absolute atomic E-state index is 0.200. The maximum absolute atomic E-state index is 11.6. The highest BCUT2D eigenvalue weighted by Gasteiger charge is 2.11. The van der Waals surface area contributed by atoms with Gasteiger partial charge in [-0.1, -0.05) is 13.3 Å². The number of aliphatic hydroxyl groups is 1. The van der Waals surface area contributed by atoms with Crippen molar-refractivity contribution in [2.45, 2.75) is 31.1 Å². The largest absolute Gasteiger partial charge is 0.396 e. The Morgan fingerprint density at radius 1 is 1.20 bits per heavy atom. The minimum Gasteiger partial charge on any atom is -0.396 e. The van der Waals surface area contributed by atoms with Gasteiger partial charge in [-0.15, -0.1) is 0 Å². The summed E-state index contributed by atoms with van der Waals surface area (Å²) in [4.78, 5) is 0.256. The van der Waals surface area contributed by atoms with E-state index in [2.05, 4.69) is 17.0 Å². The standard InChI is InChI=1S/C14H24N2O3S/c1-3-4-12(9-10-17)11-16-13-5-7-14(8-6-13)20(18,19)15-2/h5-8,12,15-17H,3-4,9-11H2,1-2H3. The lowest BCUT2D eigenvalue weighted by atomic mass is 10.0. The van der Waals surface area contributed by atoms with Crippen LogP contribution < -0.4 is 10.0 Å². The van der Waals surface area contributed by atoms with Crippen LogP contribution in [0.1, 0.15) is 26.2 Å². The quantitative estimate of drug-likeness (QED) is 0.650. The van der Waals surface area contributed by atoms with Crippen LogP contribution in [-0.2, 0) is 10.0 Å². The second kappa shape index (κ2) is 8.24. The summed E-state index contributed by atoms with van der Waals surface area (Å²) in [6.45, 7) is 3.11. The van der Waals surface area contributed by atoms with Crippen molar-refractivity contribution in [2.75, 3.05) is 25.5 Å². The Balaban J connectivity index is 2.61. The molecule has 0 aliphatic rings. The van der Waals surface area contributed by atoms with Crippen molar-refractivity contribution in [1.82, 2.24) is 4.72 Å². The number of sulfonamides is 1. The molecule has 1 unspecified atom stereocenters. The fourth-order valence-electron chi connectivity index (χ4n) is 2.07. The molecule has 0 radical (unpaired) electrons. The van der Waals surface area contributed by atoms with Crippen LogP contribution in [0, 0.1) is 5.92 Å². The van der Waals surface area contributed by atoms with E-state index in [0.717, 1.165) is 31.5 Å². The highest BCUT2D eigenvalue weighted by Crippen LogP contribution is 2.16. The summed E-state index contributed by atoms with van der Waals surface area (Å²) in [6.07, 6.45) is 2.94. The molecule has 0 saturated heterocycles. The minimum atomic E-state index is -3.37. The van der Waals surface area contributed by atoms with Gasteiger partial charge in [0, 0.05) is 18.8 Å². The molecule has 1 aromatic carbocycles. The second-order valence-corrected chi connectivity index (χ2v) is 6.67. The maximum Gasteiger partial charge on any atom is 0.240 e. The highest BCUT2D eigenvalue weighted by molar-refractivity contribution is 7.89. The van der Waals surface area contributed by atoms with Gasteiger partial charge in [0.1, 0.15) is 0 Å². The third-order valence-electron chi connectivity index (χ3n) is 3.26. The van der Waals surface area contributed by atoms with Crippen LogP contribution in [0.15, 0.2) is 29.2 Å². The predicted octanol–water partition coefficient (Wildman–Crippen LogP) is 1.81. The van der Waals surface area contributed by atoms with Crippen LogP contribution in [0.5, 0.6) is 0 Å². The second-order valence-electron chi connectivity index (χ2n) is 4.78. The van der Waals surface area contributed by atoms with Crippen molar-refractivity contribution in [1.29, 1.82) is 0 Å². The fourth-order valence-corrected chi connectivity index (χ4v) is 2.80. The van der Waals surface area contributed by atoms with E-state index in [1.807, 2.05) is 0 Å². The van der Waals surface area contributed by atoms with Crippen LogP contribution in [0.3, 0.4) is 0 Å². The number of rotatable bonds is 9. The van der Waals surface area contributed by atoms with E-state index < -0.39 is 10.0 Å². The van der Waals surface area contributed by atoms with E-state index in [0.29, 0.717) is 5.92 Å². The molecule has 1 aromatic rings. The van der Waals surface area contributed by atoms with Gasteiger partial charge in [0.15, 0.2) is 0 Å². The summed E-state index contributed by atoms with van der Waals surface area (Å²) in [5.41, 5.74) is 0.888. The van der Waals surface area contributed by atoms with Crippen LogP contribution in [0.4, 0.5) is 5.69 Å². The third kappa shape index (κ3) is 5.11. The molecule has 0 fully saturated rings. The first-order valence-electron chi connectivity index (χ1n) is 6.91. The SMILES string of the molecule is CCCC(CCO)CNc1ccc(S(=O)(=O)NC)cc1. The van der Waals surface area contributed by atoms with Crippen molar-refractivity contribution in [2.24, 2.45) is 5.92 Å². The van der Waals surface area contributed by atoms with Gasteiger partial charge in [-0.25, -0.2) is 13.1 Å². The normalized spacial score (nSPS) is 13.2. The van der Waals surface area contributed by atoms with Crippen LogP contribution in [-0.4, -0.2) is 33.7 Å². The van der Waals surface area contributed by atoms with Crippen molar-refractivity contribution >= 4 is 15.7 Å². The Bertz CT molecular complexity index is 480. The van der Waals surface area contributed by atoms with Crippen molar-refractivity contribution in [3.63, 3.8) is 0 Å². The van der Waals surface area contributed by atoms with Gasteiger partial charge in [-0.05, 0) is 50.1 Å². The molecule has 114 valence electrons. The van der Waals surface area contributed by atoms with Crippen molar-refractivity contribution < 1.29 is 13.5 Å². The van der Waals surface area contributed by atoms with Gasteiger partial charge < -0.3 is 10.4 Å². The Morgan fingerprint density at radius 2 is 1.85 bits per heavy atom. The molecule has 0 amide bonds. The summed E-state index contributed by atoms with van der Waals surface area (Å²) in [5, 5.41) is 12.3. The first-order valence-corrected chi connectivity index (χ1v) is 8.40. The molecule has 20 heavy (non-hydrogen) atoms. The van der Waals surface area contributed by atoms with Gasteiger partial charge in [0.2, 0.25) is 10.0 Å². The smallest absolute Gasteiger partial charge is 0.240 e. The zero-order valence-corrected chi connectivity index (χ0v) is 12.9. The molecule has 5 nitrogen and oxygen atoms in total. The van der Waals surface area contributed by atoms with E-state index in [9.17, 15) is 8.42 Å². The van der Waals surface area contributed by atoms with Gasteiger partial charge in [-0.2, -0.15) is 0 Å².